The van der Waals surface area contributed by atoms with Crippen molar-refractivity contribution in [2.24, 2.45) is 5.14 Å². The molecule has 8 nitrogen and oxygen atoms in total. The van der Waals surface area contributed by atoms with Gasteiger partial charge in [-0.25, -0.2) is 22.0 Å². The van der Waals surface area contributed by atoms with Gasteiger partial charge >= 0.3 is 0 Å². The molecule has 0 aliphatic carbocycles. The molecule has 0 heterocycles. The van der Waals surface area contributed by atoms with Gasteiger partial charge in [-0.3, -0.25) is 4.79 Å². The number of primary sulfonamides is 1. The Balaban J connectivity index is 1.64. The molecule has 0 saturated heterocycles. The maximum atomic E-state index is 12.8. The number of sulfonamides is 2. The van der Waals surface area contributed by atoms with Gasteiger partial charge in [-0.05, 0) is 40.6 Å². The fourth-order valence-electron chi connectivity index (χ4n) is 2.85. The van der Waals surface area contributed by atoms with Gasteiger partial charge in [0.25, 0.3) is 0 Å². The number of hydrogen-bond donors (Lipinski definition) is 2. The summed E-state index contributed by atoms with van der Waals surface area (Å²) in [7, 11) is -6.28. The molecule has 3 aromatic rings. The number of likely N-dealkylation sites (N-methyl/N-ethyl adjacent to an activating group) is 1. The van der Waals surface area contributed by atoms with Crippen LogP contribution in [0.4, 0.5) is 0 Å². The van der Waals surface area contributed by atoms with Crippen molar-refractivity contribution in [1.29, 1.82) is 0 Å². The van der Waals surface area contributed by atoms with E-state index in [1.54, 1.807) is 12.1 Å². The molecule has 158 valence electrons. The van der Waals surface area contributed by atoms with E-state index in [4.69, 9.17) is 5.14 Å². The largest absolute Gasteiger partial charge is 0.351 e. The van der Waals surface area contributed by atoms with E-state index in [9.17, 15) is 21.6 Å². The molecule has 30 heavy (non-hydrogen) atoms. The first-order valence-corrected chi connectivity index (χ1v) is 11.9. The minimum absolute atomic E-state index is 0.0289. The number of carbonyl (C=O) groups is 1. The predicted octanol–water partition coefficient (Wildman–Crippen LogP) is 1.42. The second-order valence-corrected chi connectivity index (χ2v) is 10.3. The lowest BCUT2D eigenvalue weighted by molar-refractivity contribution is -0.121. The molecule has 3 aromatic carbocycles. The average molecular weight is 448 g/mol. The van der Waals surface area contributed by atoms with Crippen LogP contribution in [0.5, 0.6) is 0 Å². The first-order chi connectivity index (χ1) is 14.1. The lowest BCUT2D eigenvalue weighted by Gasteiger charge is -2.17. The molecule has 0 spiro atoms. The van der Waals surface area contributed by atoms with Gasteiger partial charge < -0.3 is 5.32 Å². The Hall–Kier alpha value is -2.79. The molecule has 0 unspecified atom stereocenters. The van der Waals surface area contributed by atoms with Crippen molar-refractivity contribution in [1.82, 2.24) is 9.62 Å². The summed E-state index contributed by atoms with van der Waals surface area (Å²) in [6.45, 7) is -0.238. The van der Waals surface area contributed by atoms with Crippen molar-refractivity contribution in [3.63, 3.8) is 0 Å². The fourth-order valence-corrected chi connectivity index (χ4v) is 4.53. The van der Waals surface area contributed by atoms with Crippen molar-refractivity contribution in [2.75, 3.05) is 13.6 Å². The highest BCUT2D eigenvalue weighted by molar-refractivity contribution is 7.89. The maximum Gasteiger partial charge on any atom is 0.243 e. The SMILES string of the molecule is CN(CC(=O)NCc1ccc(S(N)(=O)=O)cc1)S(=O)(=O)c1ccc2ccccc2c1. The molecule has 1 amide bonds. The summed E-state index contributed by atoms with van der Waals surface area (Å²) in [5.41, 5.74) is 0.649. The molecule has 0 atom stereocenters. The van der Waals surface area contributed by atoms with E-state index >= 15 is 0 Å². The van der Waals surface area contributed by atoms with Gasteiger partial charge in [0, 0.05) is 13.6 Å². The monoisotopic (exact) mass is 447 g/mol. The summed E-state index contributed by atoms with van der Waals surface area (Å²) >= 11 is 0. The Morgan fingerprint density at radius 2 is 1.50 bits per heavy atom. The third-order valence-electron chi connectivity index (χ3n) is 4.54. The molecule has 0 aliphatic rings. The number of nitrogens with zero attached hydrogens (tertiary/aromatic N) is 1. The summed E-state index contributed by atoms with van der Waals surface area (Å²) in [4.78, 5) is 12.3. The lowest BCUT2D eigenvalue weighted by Crippen LogP contribution is -2.38. The molecule has 0 fully saturated rings. The van der Waals surface area contributed by atoms with Gasteiger partial charge in [-0.15, -0.1) is 0 Å². The van der Waals surface area contributed by atoms with E-state index in [2.05, 4.69) is 5.32 Å². The van der Waals surface area contributed by atoms with Crippen LogP contribution < -0.4 is 10.5 Å². The molecular weight excluding hydrogens is 426 g/mol. The van der Waals surface area contributed by atoms with Crippen LogP contribution in [-0.2, 0) is 31.4 Å². The molecule has 0 saturated carbocycles. The molecule has 10 heteroatoms. The molecule has 0 aromatic heterocycles. The highest BCUT2D eigenvalue weighted by atomic mass is 32.2. The van der Waals surface area contributed by atoms with Crippen LogP contribution in [0.15, 0.2) is 76.5 Å². The van der Waals surface area contributed by atoms with Crippen molar-refractivity contribution in [3.8, 4) is 0 Å². The number of nitrogens with one attached hydrogen (secondary N) is 1. The summed E-state index contributed by atoms with van der Waals surface area (Å²) in [5.74, 6) is -0.489. The number of benzene rings is 3. The first-order valence-electron chi connectivity index (χ1n) is 8.91. The van der Waals surface area contributed by atoms with Gasteiger partial charge in [0.05, 0.1) is 16.3 Å². The second kappa shape index (κ2) is 8.52. The average Bonchev–Trinajstić information content (AvgIpc) is 2.71. The first kappa shape index (κ1) is 21.9. The highest BCUT2D eigenvalue weighted by Gasteiger charge is 2.23. The zero-order valence-electron chi connectivity index (χ0n) is 16.1. The smallest absolute Gasteiger partial charge is 0.243 e. The van der Waals surface area contributed by atoms with E-state index in [0.29, 0.717) is 5.56 Å². The molecule has 0 aliphatic heterocycles. The minimum atomic E-state index is -3.84. The van der Waals surface area contributed by atoms with Crippen LogP contribution >= 0.6 is 0 Å². The van der Waals surface area contributed by atoms with Crippen molar-refractivity contribution >= 4 is 36.7 Å². The molecule has 0 bridgehead atoms. The number of fused-ring (bicyclic) bond motifs is 1. The molecular formula is C20H21N3O5S2. The Morgan fingerprint density at radius 3 is 2.13 bits per heavy atom. The minimum Gasteiger partial charge on any atom is -0.351 e. The number of rotatable bonds is 7. The zero-order valence-corrected chi connectivity index (χ0v) is 17.8. The van der Waals surface area contributed by atoms with Crippen LogP contribution in [0.1, 0.15) is 5.56 Å². The Labute approximate surface area is 175 Å². The quantitative estimate of drug-likeness (QED) is 0.566. The van der Waals surface area contributed by atoms with Crippen molar-refractivity contribution in [2.45, 2.75) is 16.3 Å². The van der Waals surface area contributed by atoms with Crippen molar-refractivity contribution in [3.05, 3.63) is 72.3 Å². The van der Waals surface area contributed by atoms with Crippen LogP contribution in [0.25, 0.3) is 10.8 Å². The van der Waals surface area contributed by atoms with E-state index < -0.39 is 26.0 Å². The number of hydrogen-bond acceptors (Lipinski definition) is 5. The fraction of sp³-hybridized carbons (Fsp3) is 0.150. The Morgan fingerprint density at radius 1 is 0.900 bits per heavy atom. The number of nitrogens with two attached hydrogens (primary N) is 1. The second-order valence-electron chi connectivity index (χ2n) is 6.74. The predicted molar refractivity (Wildman–Crippen MR) is 113 cm³/mol. The van der Waals surface area contributed by atoms with Gasteiger partial charge in [-0.2, -0.15) is 4.31 Å². The van der Waals surface area contributed by atoms with Crippen LogP contribution in [0, 0.1) is 0 Å². The third kappa shape index (κ3) is 5.03. The van der Waals surface area contributed by atoms with Gasteiger partial charge in [0.2, 0.25) is 26.0 Å². The molecule has 3 rings (SSSR count). The van der Waals surface area contributed by atoms with E-state index in [0.717, 1.165) is 15.1 Å². The van der Waals surface area contributed by atoms with Gasteiger partial charge in [-0.1, -0.05) is 42.5 Å². The summed E-state index contributed by atoms with van der Waals surface area (Å²) in [6.07, 6.45) is 0. The lowest BCUT2D eigenvalue weighted by atomic mass is 10.1. The Kier molecular flexibility index (Phi) is 6.22. The zero-order chi connectivity index (χ0) is 21.9. The summed E-state index contributed by atoms with van der Waals surface area (Å²) in [5, 5.41) is 9.37. The van der Waals surface area contributed by atoms with E-state index in [-0.39, 0.29) is 22.9 Å². The third-order valence-corrected chi connectivity index (χ3v) is 7.27. The van der Waals surface area contributed by atoms with Crippen molar-refractivity contribution < 1.29 is 21.6 Å². The summed E-state index contributed by atoms with van der Waals surface area (Å²) < 4.78 is 49.1. The van der Waals surface area contributed by atoms with Crippen LogP contribution in [-0.4, -0.2) is 40.6 Å². The van der Waals surface area contributed by atoms with Gasteiger partial charge in [0.15, 0.2) is 0 Å². The topological polar surface area (TPSA) is 127 Å². The number of amides is 1. The standard InChI is InChI=1S/C20H21N3O5S2/c1-23(30(27,28)19-11-8-16-4-2-3-5-17(16)12-19)14-20(24)22-13-15-6-9-18(10-7-15)29(21,25)26/h2-12H,13-14H2,1H3,(H,22,24)(H2,21,25,26). The normalized spacial score (nSPS) is 12.2. The van der Waals surface area contributed by atoms with Gasteiger partial charge in [0.1, 0.15) is 0 Å². The molecule has 3 N–H and O–H groups in total. The van der Waals surface area contributed by atoms with E-state index in [1.807, 2.05) is 24.3 Å². The highest BCUT2D eigenvalue weighted by Crippen LogP contribution is 2.21. The Bertz CT molecular complexity index is 1290. The maximum absolute atomic E-state index is 12.8. The van der Waals surface area contributed by atoms with Crippen LogP contribution in [0.3, 0.4) is 0 Å². The number of carbonyl (C=O) groups excluding carboxylic acids is 1. The summed E-state index contributed by atoms with van der Waals surface area (Å²) in [6, 6.07) is 17.9. The van der Waals surface area contributed by atoms with Crippen LogP contribution in [0.2, 0.25) is 0 Å². The van der Waals surface area contributed by atoms with E-state index in [1.165, 1.54) is 37.4 Å². The molecule has 0 radical (unpaired) electrons.